The lowest BCUT2D eigenvalue weighted by atomic mass is 10.0. The van der Waals surface area contributed by atoms with E-state index in [4.69, 9.17) is 0 Å². The Morgan fingerprint density at radius 1 is 1.44 bits per heavy atom. The summed E-state index contributed by atoms with van der Waals surface area (Å²) in [6, 6.07) is 2.28. The summed E-state index contributed by atoms with van der Waals surface area (Å²) < 4.78 is 0. The number of carbonyl (C=O) groups is 1. The molecular formula is C13H20N4O. The van der Waals surface area contributed by atoms with E-state index in [0.717, 1.165) is 38.9 Å². The maximum atomic E-state index is 12.2. The third-order valence-electron chi connectivity index (χ3n) is 3.30. The van der Waals surface area contributed by atoms with Gasteiger partial charge in [-0.25, -0.2) is 0 Å². The van der Waals surface area contributed by atoms with E-state index < -0.39 is 0 Å². The lowest BCUT2D eigenvalue weighted by Gasteiger charge is -2.32. The summed E-state index contributed by atoms with van der Waals surface area (Å²) in [5.41, 5.74) is 0.630. The van der Waals surface area contributed by atoms with Crippen LogP contribution in [0.25, 0.3) is 0 Å². The highest BCUT2D eigenvalue weighted by atomic mass is 16.2. The molecule has 0 aromatic carbocycles. The topological polar surface area (TPSA) is 58.1 Å². The SMILES string of the molecule is CCCNC1CCN(C(=O)c2ccnnc2)CC1. The monoisotopic (exact) mass is 248 g/mol. The highest BCUT2D eigenvalue weighted by Gasteiger charge is 2.23. The van der Waals surface area contributed by atoms with Gasteiger partial charge in [-0.15, -0.1) is 0 Å². The van der Waals surface area contributed by atoms with Crippen LogP contribution in [-0.2, 0) is 0 Å². The number of rotatable bonds is 4. The average Bonchev–Trinajstić information content (AvgIpc) is 2.46. The Kier molecular flexibility index (Phi) is 4.64. The molecule has 0 aliphatic carbocycles. The van der Waals surface area contributed by atoms with Gasteiger partial charge in [0, 0.05) is 19.1 Å². The zero-order valence-electron chi connectivity index (χ0n) is 10.8. The van der Waals surface area contributed by atoms with Gasteiger partial charge in [-0.2, -0.15) is 10.2 Å². The van der Waals surface area contributed by atoms with Crippen LogP contribution in [0.1, 0.15) is 36.5 Å². The van der Waals surface area contributed by atoms with E-state index in [1.807, 2.05) is 4.90 Å². The van der Waals surface area contributed by atoms with E-state index in [9.17, 15) is 4.79 Å². The quantitative estimate of drug-likeness (QED) is 0.866. The zero-order valence-corrected chi connectivity index (χ0v) is 10.8. The van der Waals surface area contributed by atoms with Crippen LogP contribution in [0, 0.1) is 0 Å². The second-order valence-electron chi connectivity index (χ2n) is 4.65. The van der Waals surface area contributed by atoms with Gasteiger partial charge in [0.05, 0.1) is 18.0 Å². The maximum absolute atomic E-state index is 12.2. The number of likely N-dealkylation sites (tertiary alicyclic amines) is 1. The molecule has 1 saturated heterocycles. The first-order valence-corrected chi connectivity index (χ1v) is 6.60. The zero-order chi connectivity index (χ0) is 12.8. The van der Waals surface area contributed by atoms with Crippen molar-refractivity contribution in [3.05, 3.63) is 24.0 Å². The predicted octanol–water partition coefficient (Wildman–Crippen LogP) is 1.08. The van der Waals surface area contributed by atoms with Crippen LogP contribution in [0.5, 0.6) is 0 Å². The molecule has 2 heterocycles. The fourth-order valence-electron chi connectivity index (χ4n) is 2.23. The summed E-state index contributed by atoms with van der Waals surface area (Å²) in [6.45, 7) is 4.88. The van der Waals surface area contributed by atoms with Crippen molar-refractivity contribution in [3.8, 4) is 0 Å². The molecule has 1 aromatic heterocycles. The number of nitrogens with zero attached hydrogens (tertiary/aromatic N) is 3. The largest absolute Gasteiger partial charge is 0.338 e. The van der Waals surface area contributed by atoms with Crippen LogP contribution >= 0.6 is 0 Å². The van der Waals surface area contributed by atoms with Crippen LogP contribution in [0.3, 0.4) is 0 Å². The van der Waals surface area contributed by atoms with E-state index in [0.29, 0.717) is 11.6 Å². The van der Waals surface area contributed by atoms with Gasteiger partial charge in [0.15, 0.2) is 0 Å². The fraction of sp³-hybridized carbons (Fsp3) is 0.615. The molecule has 2 rings (SSSR count). The lowest BCUT2D eigenvalue weighted by molar-refractivity contribution is 0.0704. The molecule has 18 heavy (non-hydrogen) atoms. The Labute approximate surface area is 108 Å². The van der Waals surface area contributed by atoms with Gasteiger partial charge >= 0.3 is 0 Å². The molecule has 0 radical (unpaired) electrons. The van der Waals surface area contributed by atoms with Crippen LogP contribution in [0.4, 0.5) is 0 Å². The number of aromatic nitrogens is 2. The summed E-state index contributed by atoms with van der Waals surface area (Å²) in [5, 5.41) is 10.9. The van der Waals surface area contributed by atoms with E-state index in [1.54, 1.807) is 12.3 Å². The maximum Gasteiger partial charge on any atom is 0.255 e. The minimum absolute atomic E-state index is 0.0684. The smallest absolute Gasteiger partial charge is 0.255 e. The summed E-state index contributed by atoms with van der Waals surface area (Å²) in [6.07, 6.45) is 6.31. The van der Waals surface area contributed by atoms with Gasteiger partial charge in [0.1, 0.15) is 0 Å². The predicted molar refractivity (Wildman–Crippen MR) is 69.3 cm³/mol. The average molecular weight is 248 g/mol. The molecule has 1 aliphatic heterocycles. The molecule has 1 aromatic rings. The molecule has 1 aliphatic rings. The molecule has 5 heteroatoms. The molecule has 98 valence electrons. The molecule has 0 spiro atoms. The summed E-state index contributed by atoms with van der Waals surface area (Å²) >= 11 is 0. The second kappa shape index (κ2) is 6.44. The first-order chi connectivity index (χ1) is 8.81. The molecule has 0 saturated carbocycles. The molecule has 0 atom stereocenters. The third kappa shape index (κ3) is 3.26. The first kappa shape index (κ1) is 13.0. The number of hydrogen-bond donors (Lipinski definition) is 1. The van der Waals surface area contributed by atoms with E-state index in [1.165, 1.54) is 6.20 Å². The number of piperidine rings is 1. The van der Waals surface area contributed by atoms with Crippen molar-refractivity contribution in [1.29, 1.82) is 0 Å². The van der Waals surface area contributed by atoms with Crippen molar-refractivity contribution in [2.24, 2.45) is 0 Å². The standard InChI is InChI=1S/C13H20N4O/c1-2-6-14-12-4-8-17(9-5-12)13(18)11-3-7-15-16-10-11/h3,7,10,12,14H,2,4-6,8-9H2,1H3. The van der Waals surface area contributed by atoms with Gasteiger partial charge < -0.3 is 10.2 Å². The Morgan fingerprint density at radius 2 is 2.22 bits per heavy atom. The third-order valence-corrected chi connectivity index (χ3v) is 3.30. The molecular weight excluding hydrogens is 228 g/mol. The summed E-state index contributed by atoms with van der Waals surface area (Å²) in [5.74, 6) is 0.0684. The summed E-state index contributed by atoms with van der Waals surface area (Å²) in [4.78, 5) is 14.1. The molecule has 1 fully saturated rings. The molecule has 0 bridgehead atoms. The molecule has 1 N–H and O–H groups in total. The molecule has 0 unspecified atom stereocenters. The van der Waals surface area contributed by atoms with Crippen molar-refractivity contribution >= 4 is 5.91 Å². The van der Waals surface area contributed by atoms with Crippen molar-refractivity contribution in [1.82, 2.24) is 20.4 Å². The Balaban J connectivity index is 1.84. The normalized spacial score (nSPS) is 16.8. The van der Waals surface area contributed by atoms with Crippen LogP contribution < -0.4 is 5.32 Å². The number of nitrogens with one attached hydrogen (secondary N) is 1. The fourth-order valence-corrected chi connectivity index (χ4v) is 2.23. The van der Waals surface area contributed by atoms with Gasteiger partial charge in [-0.05, 0) is 31.9 Å². The van der Waals surface area contributed by atoms with E-state index in [-0.39, 0.29) is 5.91 Å². The van der Waals surface area contributed by atoms with Crippen molar-refractivity contribution in [3.63, 3.8) is 0 Å². The van der Waals surface area contributed by atoms with Gasteiger partial charge in [0.25, 0.3) is 5.91 Å². The van der Waals surface area contributed by atoms with Gasteiger partial charge in [0.2, 0.25) is 0 Å². The Hall–Kier alpha value is -1.49. The number of hydrogen-bond acceptors (Lipinski definition) is 4. The first-order valence-electron chi connectivity index (χ1n) is 6.60. The highest BCUT2D eigenvalue weighted by molar-refractivity contribution is 5.93. The Bertz CT molecular complexity index is 374. The second-order valence-corrected chi connectivity index (χ2v) is 4.65. The number of carbonyl (C=O) groups excluding carboxylic acids is 1. The van der Waals surface area contributed by atoms with Crippen molar-refractivity contribution in [2.45, 2.75) is 32.2 Å². The van der Waals surface area contributed by atoms with E-state index >= 15 is 0 Å². The van der Waals surface area contributed by atoms with Crippen LogP contribution in [-0.4, -0.2) is 46.7 Å². The van der Waals surface area contributed by atoms with Crippen molar-refractivity contribution < 1.29 is 4.79 Å². The number of amides is 1. The molecule has 5 nitrogen and oxygen atoms in total. The molecule has 1 amide bonds. The summed E-state index contributed by atoms with van der Waals surface area (Å²) in [7, 11) is 0. The van der Waals surface area contributed by atoms with Crippen LogP contribution in [0.2, 0.25) is 0 Å². The Morgan fingerprint density at radius 3 is 2.83 bits per heavy atom. The minimum atomic E-state index is 0.0684. The van der Waals surface area contributed by atoms with Crippen molar-refractivity contribution in [2.75, 3.05) is 19.6 Å². The minimum Gasteiger partial charge on any atom is -0.338 e. The lowest BCUT2D eigenvalue weighted by Crippen LogP contribution is -2.45. The highest BCUT2D eigenvalue weighted by Crippen LogP contribution is 2.13. The van der Waals surface area contributed by atoms with Gasteiger partial charge in [-0.1, -0.05) is 6.92 Å². The van der Waals surface area contributed by atoms with Gasteiger partial charge in [-0.3, -0.25) is 4.79 Å². The van der Waals surface area contributed by atoms with Crippen LogP contribution in [0.15, 0.2) is 18.5 Å². The van der Waals surface area contributed by atoms with E-state index in [2.05, 4.69) is 22.4 Å².